The standard InChI is InChI=1S/C22H23N3O2/c1-22(2,3)25-21(26)19-14-13-16(15-23-19)24-18-11-7-8-12-20(18)27-17-9-5-4-6-10-17/h4-15,24H,1-3H3,(H,25,26). The molecular formula is C22H23N3O2. The van der Waals surface area contributed by atoms with E-state index in [1.165, 1.54) is 0 Å². The third kappa shape index (κ3) is 5.31. The normalized spacial score (nSPS) is 10.9. The molecule has 2 aromatic carbocycles. The minimum absolute atomic E-state index is 0.193. The van der Waals surface area contributed by atoms with Gasteiger partial charge in [0.2, 0.25) is 0 Å². The molecule has 0 saturated heterocycles. The van der Waals surface area contributed by atoms with Crippen LogP contribution >= 0.6 is 0 Å². The minimum atomic E-state index is -0.302. The van der Waals surface area contributed by atoms with Crippen molar-refractivity contribution < 1.29 is 9.53 Å². The molecule has 0 spiro atoms. The number of anilines is 2. The van der Waals surface area contributed by atoms with E-state index in [0.717, 1.165) is 17.1 Å². The smallest absolute Gasteiger partial charge is 0.270 e. The Morgan fingerprint density at radius 3 is 2.30 bits per heavy atom. The van der Waals surface area contributed by atoms with Crippen molar-refractivity contribution in [3.05, 3.63) is 78.6 Å². The summed E-state index contributed by atoms with van der Waals surface area (Å²) in [7, 11) is 0. The molecule has 5 nitrogen and oxygen atoms in total. The van der Waals surface area contributed by atoms with E-state index in [1.54, 1.807) is 12.3 Å². The molecule has 0 aliphatic carbocycles. The first-order chi connectivity index (χ1) is 12.9. The van der Waals surface area contributed by atoms with E-state index in [-0.39, 0.29) is 11.4 Å². The van der Waals surface area contributed by atoms with Crippen LogP contribution in [0.4, 0.5) is 11.4 Å². The number of amides is 1. The predicted octanol–water partition coefficient (Wildman–Crippen LogP) is 5.15. The Labute approximate surface area is 159 Å². The Hall–Kier alpha value is -3.34. The summed E-state index contributed by atoms with van der Waals surface area (Å²) in [6, 6.07) is 20.8. The van der Waals surface area contributed by atoms with Gasteiger partial charge in [0.15, 0.2) is 5.75 Å². The zero-order valence-corrected chi connectivity index (χ0v) is 15.7. The maximum atomic E-state index is 12.2. The van der Waals surface area contributed by atoms with Gasteiger partial charge in [0, 0.05) is 5.54 Å². The lowest BCUT2D eigenvalue weighted by molar-refractivity contribution is 0.0914. The van der Waals surface area contributed by atoms with Gasteiger partial charge in [0.05, 0.1) is 17.6 Å². The quantitative estimate of drug-likeness (QED) is 0.660. The van der Waals surface area contributed by atoms with Crippen molar-refractivity contribution in [3.8, 4) is 11.5 Å². The van der Waals surface area contributed by atoms with Gasteiger partial charge in [-0.25, -0.2) is 4.98 Å². The average molecular weight is 361 g/mol. The zero-order chi connectivity index (χ0) is 19.3. The van der Waals surface area contributed by atoms with Crippen LogP contribution in [-0.2, 0) is 0 Å². The number of benzene rings is 2. The second kappa shape index (κ2) is 7.91. The second-order valence-electron chi connectivity index (χ2n) is 7.17. The van der Waals surface area contributed by atoms with Gasteiger partial charge in [0.25, 0.3) is 5.91 Å². The number of rotatable bonds is 5. The monoisotopic (exact) mass is 361 g/mol. The third-order valence-electron chi connectivity index (χ3n) is 3.62. The lowest BCUT2D eigenvalue weighted by Crippen LogP contribution is -2.40. The number of nitrogens with zero attached hydrogens (tertiary/aromatic N) is 1. The molecule has 0 unspecified atom stereocenters. The van der Waals surface area contributed by atoms with Crippen LogP contribution in [0.5, 0.6) is 11.5 Å². The van der Waals surface area contributed by atoms with Crippen LogP contribution < -0.4 is 15.4 Å². The molecule has 5 heteroatoms. The number of aromatic nitrogens is 1. The molecule has 0 saturated carbocycles. The number of nitrogens with one attached hydrogen (secondary N) is 2. The molecule has 0 fully saturated rings. The second-order valence-corrected chi connectivity index (χ2v) is 7.17. The van der Waals surface area contributed by atoms with Crippen molar-refractivity contribution in [3.63, 3.8) is 0 Å². The lowest BCUT2D eigenvalue weighted by Gasteiger charge is -2.20. The molecule has 1 amide bonds. The van der Waals surface area contributed by atoms with E-state index in [1.807, 2.05) is 81.4 Å². The predicted molar refractivity (Wildman–Crippen MR) is 108 cm³/mol. The van der Waals surface area contributed by atoms with Crippen molar-refractivity contribution in [1.29, 1.82) is 0 Å². The third-order valence-corrected chi connectivity index (χ3v) is 3.62. The molecule has 2 N–H and O–H groups in total. The summed E-state index contributed by atoms with van der Waals surface area (Å²) in [5.74, 6) is 1.28. The van der Waals surface area contributed by atoms with Crippen molar-refractivity contribution >= 4 is 17.3 Å². The van der Waals surface area contributed by atoms with Crippen molar-refractivity contribution in [1.82, 2.24) is 10.3 Å². The summed E-state index contributed by atoms with van der Waals surface area (Å²) in [6.07, 6.45) is 1.64. The van der Waals surface area contributed by atoms with Crippen LogP contribution in [0.25, 0.3) is 0 Å². The van der Waals surface area contributed by atoms with Crippen LogP contribution in [0.1, 0.15) is 31.3 Å². The maximum Gasteiger partial charge on any atom is 0.270 e. The summed E-state index contributed by atoms with van der Waals surface area (Å²) in [5.41, 5.74) is 1.66. The lowest BCUT2D eigenvalue weighted by atomic mass is 10.1. The SMILES string of the molecule is CC(C)(C)NC(=O)c1ccc(Nc2ccccc2Oc2ccccc2)cn1. The number of carbonyl (C=O) groups is 1. The Morgan fingerprint density at radius 1 is 0.926 bits per heavy atom. The summed E-state index contributed by atoms with van der Waals surface area (Å²) >= 11 is 0. The highest BCUT2D eigenvalue weighted by atomic mass is 16.5. The van der Waals surface area contributed by atoms with Crippen LogP contribution in [0.3, 0.4) is 0 Å². The van der Waals surface area contributed by atoms with E-state index in [2.05, 4.69) is 15.6 Å². The fourth-order valence-electron chi connectivity index (χ4n) is 2.44. The fraction of sp³-hybridized carbons (Fsp3) is 0.182. The molecule has 0 atom stereocenters. The van der Waals surface area contributed by atoms with E-state index in [0.29, 0.717) is 11.4 Å². The first-order valence-electron chi connectivity index (χ1n) is 8.78. The number of hydrogen-bond acceptors (Lipinski definition) is 4. The Kier molecular flexibility index (Phi) is 5.41. The molecule has 0 aliphatic heterocycles. The average Bonchev–Trinajstić information content (AvgIpc) is 2.63. The number of ether oxygens (including phenoxy) is 1. The highest BCUT2D eigenvalue weighted by Gasteiger charge is 2.16. The van der Waals surface area contributed by atoms with Crippen molar-refractivity contribution in [2.24, 2.45) is 0 Å². The van der Waals surface area contributed by atoms with E-state index in [4.69, 9.17) is 4.74 Å². The van der Waals surface area contributed by atoms with E-state index >= 15 is 0 Å². The fourth-order valence-corrected chi connectivity index (χ4v) is 2.44. The number of pyridine rings is 1. The molecule has 138 valence electrons. The molecule has 3 aromatic rings. The van der Waals surface area contributed by atoms with Crippen LogP contribution in [0, 0.1) is 0 Å². The Morgan fingerprint density at radius 2 is 1.63 bits per heavy atom. The molecule has 27 heavy (non-hydrogen) atoms. The number of hydrogen-bond donors (Lipinski definition) is 2. The summed E-state index contributed by atoms with van der Waals surface area (Å²) in [5, 5.41) is 6.19. The van der Waals surface area contributed by atoms with Gasteiger partial charge in [0.1, 0.15) is 11.4 Å². The molecule has 1 heterocycles. The summed E-state index contributed by atoms with van der Waals surface area (Å²) in [4.78, 5) is 16.4. The van der Waals surface area contributed by atoms with Gasteiger partial charge in [-0.1, -0.05) is 30.3 Å². The van der Waals surface area contributed by atoms with E-state index in [9.17, 15) is 4.79 Å². The van der Waals surface area contributed by atoms with Crippen LogP contribution in [0.15, 0.2) is 72.9 Å². The largest absolute Gasteiger partial charge is 0.455 e. The molecule has 0 radical (unpaired) electrons. The maximum absolute atomic E-state index is 12.2. The van der Waals surface area contributed by atoms with Crippen molar-refractivity contribution in [2.45, 2.75) is 26.3 Å². The van der Waals surface area contributed by atoms with Gasteiger partial charge >= 0.3 is 0 Å². The topological polar surface area (TPSA) is 63.2 Å². The van der Waals surface area contributed by atoms with Gasteiger partial charge < -0.3 is 15.4 Å². The Balaban J connectivity index is 1.73. The van der Waals surface area contributed by atoms with Crippen LogP contribution in [-0.4, -0.2) is 16.4 Å². The van der Waals surface area contributed by atoms with Gasteiger partial charge in [-0.05, 0) is 57.2 Å². The molecule has 1 aromatic heterocycles. The van der Waals surface area contributed by atoms with Gasteiger partial charge in [-0.3, -0.25) is 4.79 Å². The number of carbonyl (C=O) groups excluding carboxylic acids is 1. The molecule has 0 aliphatic rings. The zero-order valence-electron chi connectivity index (χ0n) is 15.7. The summed E-state index contributed by atoms with van der Waals surface area (Å²) in [6.45, 7) is 5.81. The number of para-hydroxylation sites is 3. The van der Waals surface area contributed by atoms with Gasteiger partial charge in [-0.15, -0.1) is 0 Å². The van der Waals surface area contributed by atoms with Gasteiger partial charge in [-0.2, -0.15) is 0 Å². The molecular weight excluding hydrogens is 338 g/mol. The molecule has 0 bridgehead atoms. The van der Waals surface area contributed by atoms with E-state index < -0.39 is 0 Å². The molecule has 3 rings (SSSR count). The van der Waals surface area contributed by atoms with Crippen molar-refractivity contribution in [2.75, 3.05) is 5.32 Å². The Bertz CT molecular complexity index is 901. The van der Waals surface area contributed by atoms with Crippen LogP contribution in [0.2, 0.25) is 0 Å². The summed E-state index contributed by atoms with van der Waals surface area (Å²) < 4.78 is 5.95. The highest BCUT2D eigenvalue weighted by Crippen LogP contribution is 2.31. The first-order valence-corrected chi connectivity index (χ1v) is 8.78. The first kappa shape index (κ1) is 18.5. The minimum Gasteiger partial charge on any atom is -0.455 e. The highest BCUT2D eigenvalue weighted by molar-refractivity contribution is 5.93.